The van der Waals surface area contributed by atoms with Crippen molar-refractivity contribution < 1.29 is 22.6 Å². The van der Waals surface area contributed by atoms with Gasteiger partial charge >= 0.3 is 10.3 Å². The number of carbonyl (C=O) groups excluding carboxylic acids is 2. The SMILES string of the molecule is C[C@H]1[C@H](NC(=O)[C@H](N)c2ccccc2)C(=O)N1S(=O)(=O)O. The highest BCUT2D eigenvalue weighted by Crippen LogP contribution is 2.23. The maximum Gasteiger partial charge on any atom is 0.362 e. The van der Waals surface area contributed by atoms with E-state index in [0.29, 0.717) is 9.87 Å². The van der Waals surface area contributed by atoms with Crippen LogP contribution in [0.15, 0.2) is 30.3 Å². The van der Waals surface area contributed by atoms with E-state index in [1.165, 1.54) is 6.92 Å². The predicted octanol–water partition coefficient (Wildman–Crippen LogP) is -0.795. The van der Waals surface area contributed by atoms with E-state index in [4.69, 9.17) is 10.3 Å². The van der Waals surface area contributed by atoms with E-state index in [9.17, 15) is 18.0 Å². The molecular weight excluding hydrogens is 298 g/mol. The lowest BCUT2D eigenvalue weighted by Gasteiger charge is -2.42. The molecule has 0 bridgehead atoms. The zero-order chi connectivity index (χ0) is 15.8. The molecule has 0 unspecified atom stereocenters. The fraction of sp³-hybridized carbons (Fsp3) is 0.333. The Morgan fingerprint density at radius 1 is 1.38 bits per heavy atom. The van der Waals surface area contributed by atoms with E-state index in [0.717, 1.165) is 0 Å². The molecule has 1 aromatic rings. The molecule has 0 aromatic heterocycles. The molecule has 21 heavy (non-hydrogen) atoms. The molecule has 1 heterocycles. The Balaban J connectivity index is 2.04. The van der Waals surface area contributed by atoms with Crippen LogP contribution in [0.3, 0.4) is 0 Å². The molecule has 1 aliphatic heterocycles. The van der Waals surface area contributed by atoms with Crippen molar-refractivity contribution in [3.63, 3.8) is 0 Å². The van der Waals surface area contributed by atoms with Gasteiger partial charge < -0.3 is 11.1 Å². The van der Waals surface area contributed by atoms with E-state index in [-0.39, 0.29) is 0 Å². The number of amides is 2. The van der Waals surface area contributed by atoms with Gasteiger partial charge in [0.15, 0.2) is 0 Å². The van der Waals surface area contributed by atoms with Crippen LogP contribution in [-0.2, 0) is 19.9 Å². The number of hydrogen-bond donors (Lipinski definition) is 3. The second-order valence-corrected chi connectivity index (χ2v) is 6.02. The fourth-order valence-electron chi connectivity index (χ4n) is 2.16. The van der Waals surface area contributed by atoms with Crippen LogP contribution in [0.4, 0.5) is 0 Å². The number of nitrogens with zero attached hydrogens (tertiary/aromatic N) is 1. The molecule has 4 N–H and O–H groups in total. The van der Waals surface area contributed by atoms with Gasteiger partial charge in [0.25, 0.3) is 5.91 Å². The minimum absolute atomic E-state index is 0.311. The molecule has 0 radical (unpaired) electrons. The first-order valence-corrected chi connectivity index (χ1v) is 7.54. The Kier molecular flexibility index (Phi) is 3.99. The quantitative estimate of drug-likeness (QED) is 0.493. The number of nitrogens with one attached hydrogen (secondary N) is 1. The standard InChI is InChI=1S/C12H15N3O5S/c1-7-10(12(17)15(7)21(18,19)20)14-11(16)9(13)8-5-3-2-4-6-8/h2-7,9-10H,13H2,1H3,(H,14,16)(H,18,19,20)/t7-,9+,10-/m0/s1. The van der Waals surface area contributed by atoms with Gasteiger partial charge in [-0.05, 0) is 12.5 Å². The zero-order valence-electron chi connectivity index (χ0n) is 11.1. The highest BCUT2D eigenvalue weighted by molar-refractivity contribution is 7.84. The molecular formula is C12H15N3O5S. The molecule has 2 amide bonds. The Morgan fingerprint density at radius 2 is 1.95 bits per heavy atom. The normalized spacial score (nSPS) is 23.4. The van der Waals surface area contributed by atoms with Crippen molar-refractivity contribution in [1.82, 2.24) is 9.62 Å². The summed E-state index contributed by atoms with van der Waals surface area (Å²) in [5, 5.41) is 2.39. The number of rotatable bonds is 4. The van der Waals surface area contributed by atoms with Gasteiger partial charge in [-0.2, -0.15) is 8.42 Å². The van der Waals surface area contributed by atoms with Crippen molar-refractivity contribution in [2.45, 2.75) is 25.0 Å². The maximum absolute atomic E-state index is 12.0. The van der Waals surface area contributed by atoms with Crippen molar-refractivity contribution in [2.75, 3.05) is 0 Å². The highest BCUT2D eigenvalue weighted by Gasteiger charge is 2.51. The third kappa shape index (κ3) is 2.89. The smallest absolute Gasteiger partial charge is 0.341 e. The van der Waals surface area contributed by atoms with Gasteiger partial charge in [-0.3, -0.25) is 14.1 Å². The molecule has 0 spiro atoms. The Labute approximate surface area is 121 Å². The minimum Gasteiger partial charge on any atom is -0.341 e. The second-order valence-electron chi connectivity index (χ2n) is 4.73. The molecule has 3 atom stereocenters. The first kappa shape index (κ1) is 15.4. The summed E-state index contributed by atoms with van der Waals surface area (Å²) in [6.45, 7) is 1.40. The second kappa shape index (κ2) is 5.43. The van der Waals surface area contributed by atoms with Gasteiger partial charge in [0.05, 0.1) is 6.04 Å². The highest BCUT2D eigenvalue weighted by atomic mass is 32.2. The molecule has 1 saturated heterocycles. The maximum atomic E-state index is 12.0. The van der Waals surface area contributed by atoms with E-state index in [1.807, 2.05) is 0 Å². The van der Waals surface area contributed by atoms with Crippen LogP contribution in [0, 0.1) is 0 Å². The number of hydrogen-bond acceptors (Lipinski definition) is 5. The molecule has 1 aromatic carbocycles. The number of nitrogens with two attached hydrogens (primary N) is 1. The molecule has 0 saturated carbocycles. The average Bonchev–Trinajstić information content (AvgIpc) is 2.43. The van der Waals surface area contributed by atoms with Crippen molar-refractivity contribution in [1.29, 1.82) is 0 Å². The van der Waals surface area contributed by atoms with E-state index in [2.05, 4.69) is 5.32 Å². The molecule has 0 aliphatic carbocycles. The summed E-state index contributed by atoms with van der Waals surface area (Å²) in [6.07, 6.45) is 0. The molecule has 114 valence electrons. The van der Waals surface area contributed by atoms with Crippen LogP contribution in [0.1, 0.15) is 18.5 Å². The minimum atomic E-state index is -4.60. The van der Waals surface area contributed by atoms with Crippen LogP contribution in [-0.4, -0.2) is 41.2 Å². The van der Waals surface area contributed by atoms with E-state index in [1.54, 1.807) is 30.3 Å². The summed E-state index contributed by atoms with van der Waals surface area (Å²) in [5.41, 5.74) is 6.34. The summed E-state index contributed by atoms with van der Waals surface area (Å²) in [7, 11) is -4.60. The van der Waals surface area contributed by atoms with Crippen LogP contribution in [0.2, 0.25) is 0 Å². The number of carbonyl (C=O) groups is 2. The number of β-lactam (4-membered cyclic amide) rings is 1. The van der Waals surface area contributed by atoms with Crippen LogP contribution in [0.25, 0.3) is 0 Å². The molecule has 1 fully saturated rings. The molecule has 2 rings (SSSR count). The zero-order valence-corrected chi connectivity index (χ0v) is 11.9. The summed E-state index contributed by atoms with van der Waals surface area (Å²) in [4.78, 5) is 23.6. The van der Waals surface area contributed by atoms with Gasteiger partial charge in [0, 0.05) is 0 Å². The van der Waals surface area contributed by atoms with Crippen molar-refractivity contribution in [2.24, 2.45) is 5.73 Å². The average molecular weight is 313 g/mol. The molecule has 9 heteroatoms. The van der Waals surface area contributed by atoms with Gasteiger partial charge in [-0.25, -0.2) is 4.31 Å². The first-order chi connectivity index (χ1) is 9.73. The number of benzene rings is 1. The summed E-state index contributed by atoms with van der Waals surface area (Å²) >= 11 is 0. The van der Waals surface area contributed by atoms with Gasteiger partial charge in [0.1, 0.15) is 12.1 Å². The Morgan fingerprint density at radius 3 is 2.43 bits per heavy atom. The summed E-state index contributed by atoms with van der Waals surface area (Å²) in [6, 6.07) is 5.70. The largest absolute Gasteiger partial charge is 0.362 e. The van der Waals surface area contributed by atoms with Gasteiger partial charge in [-0.15, -0.1) is 0 Å². The van der Waals surface area contributed by atoms with Crippen molar-refractivity contribution in [3.05, 3.63) is 35.9 Å². The summed E-state index contributed by atoms with van der Waals surface area (Å²) in [5.74, 6) is -1.49. The monoisotopic (exact) mass is 313 g/mol. The Bertz CT molecular complexity index is 661. The van der Waals surface area contributed by atoms with E-state index < -0.39 is 40.2 Å². The van der Waals surface area contributed by atoms with Crippen molar-refractivity contribution >= 4 is 22.1 Å². The first-order valence-electron chi connectivity index (χ1n) is 6.15. The van der Waals surface area contributed by atoms with E-state index >= 15 is 0 Å². The predicted molar refractivity (Wildman–Crippen MR) is 73.2 cm³/mol. The van der Waals surface area contributed by atoms with Crippen LogP contribution in [0.5, 0.6) is 0 Å². The lowest BCUT2D eigenvalue weighted by Crippen LogP contribution is -2.71. The fourth-order valence-corrected chi connectivity index (χ4v) is 3.04. The molecule has 1 aliphatic rings. The Hall–Kier alpha value is -1.97. The van der Waals surface area contributed by atoms with Gasteiger partial charge in [0.2, 0.25) is 5.91 Å². The van der Waals surface area contributed by atoms with Crippen molar-refractivity contribution in [3.8, 4) is 0 Å². The van der Waals surface area contributed by atoms with Crippen LogP contribution >= 0.6 is 0 Å². The third-order valence-corrected chi connectivity index (χ3v) is 4.33. The van der Waals surface area contributed by atoms with Gasteiger partial charge in [-0.1, -0.05) is 30.3 Å². The molecule has 8 nitrogen and oxygen atoms in total. The lowest BCUT2D eigenvalue weighted by atomic mass is 9.99. The van der Waals surface area contributed by atoms with Crippen LogP contribution < -0.4 is 11.1 Å². The summed E-state index contributed by atoms with van der Waals surface area (Å²) < 4.78 is 31.1. The third-order valence-electron chi connectivity index (χ3n) is 3.32. The topological polar surface area (TPSA) is 130 Å². The lowest BCUT2D eigenvalue weighted by molar-refractivity contribution is -0.145.